The van der Waals surface area contributed by atoms with Crippen LogP contribution in [0.4, 0.5) is 0 Å². The molecule has 3 nitrogen and oxygen atoms in total. The highest BCUT2D eigenvalue weighted by atomic mass is 16.1. The molecule has 3 heteroatoms. The molecule has 0 bridgehead atoms. The Morgan fingerprint density at radius 1 is 1.29 bits per heavy atom. The van der Waals surface area contributed by atoms with Crippen LogP contribution in [0.25, 0.3) is 0 Å². The average Bonchev–Trinajstić information content (AvgIpc) is 2.93. The number of carbonyl (C=O) groups is 1. The van der Waals surface area contributed by atoms with Crippen molar-refractivity contribution in [1.29, 1.82) is 0 Å². The van der Waals surface area contributed by atoms with E-state index >= 15 is 0 Å². The predicted octanol–water partition coefficient (Wildman–Crippen LogP) is 1.81. The van der Waals surface area contributed by atoms with Crippen molar-refractivity contribution < 1.29 is 4.79 Å². The molecule has 1 aliphatic carbocycles. The molecule has 92 valence electrons. The Bertz CT molecular complexity index is 417. The third kappa shape index (κ3) is 2.86. The SMILES string of the molecule is CC(C)(C)c1ccc(C(=O)NC2CC2N)cc1. The van der Waals surface area contributed by atoms with Gasteiger partial charge in [0.05, 0.1) is 0 Å². The minimum absolute atomic E-state index is 0.0246. The Morgan fingerprint density at radius 3 is 2.24 bits per heavy atom. The number of hydrogen-bond acceptors (Lipinski definition) is 2. The van der Waals surface area contributed by atoms with Crippen molar-refractivity contribution in [3.63, 3.8) is 0 Å². The molecule has 3 N–H and O–H groups in total. The van der Waals surface area contributed by atoms with Crippen molar-refractivity contribution in [3.8, 4) is 0 Å². The normalized spacial score (nSPS) is 23.3. The first-order valence-electron chi connectivity index (χ1n) is 6.05. The van der Waals surface area contributed by atoms with E-state index in [1.165, 1.54) is 5.56 Å². The summed E-state index contributed by atoms with van der Waals surface area (Å²) < 4.78 is 0. The molecule has 0 spiro atoms. The topological polar surface area (TPSA) is 55.1 Å². The Labute approximate surface area is 102 Å². The van der Waals surface area contributed by atoms with Gasteiger partial charge < -0.3 is 11.1 Å². The monoisotopic (exact) mass is 232 g/mol. The summed E-state index contributed by atoms with van der Waals surface area (Å²) in [6.45, 7) is 6.47. The molecule has 0 heterocycles. The van der Waals surface area contributed by atoms with Gasteiger partial charge in [0, 0.05) is 17.6 Å². The number of rotatable bonds is 2. The molecule has 0 radical (unpaired) electrons. The first-order chi connectivity index (χ1) is 7.88. The van der Waals surface area contributed by atoms with Crippen LogP contribution < -0.4 is 11.1 Å². The number of amides is 1. The maximum atomic E-state index is 11.8. The van der Waals surface area contributed by atoms with Crippen LogP contribution in [0.3, 0.4) is 0 Å². The summed E-state index contributed by atoms with van der Waals surface area (Å²) in [7, 11) is 0. The summed E-state index contributed by atoms with van der Waals surface area (Å²) in [6, 6.07) is 8.11. The standard InChI is InChI=1S/C14H20N2O/c1-14(2,3)10-6-4-9(5-7-10)13(17)16-12-8-11(12)15/h4-7,11-12H,8,15H2,1-3H3,(H,16,17). The van der Waals surface area contributed by atoms with Crippen molar-refractivity contribution in [2.24, 2.45) is 5.73 Å². The maximum Gasteiger partial charge on any atom is 0.251 e. The highest BCUT2D eigenvalue weighted by Crippen LogP contribution is 2.23. The molecule has 1 aromatic carbocycles. The fourth-order valence-corrected chi connectivity index (χ4v) is 1.75. The largest absolute Gasteiger partial charge is 0.348 e. The zero-order valence-electron chi connectivity index (χ0n) is 10.7. The van der Waals surface area contributed by atoms with E-state index < -0.39 is 0 Å². The van der Waals surface area contributed by atoms with Gasteiger partial charge in [-0.1, -0.05) is 32.9 Å². The summed E-state index contributed by atoms with van der Waals surface area (Å²) in [5.41, 5.74) is 7.72. The Morgan fingerprint density at radius 2 is 1.82 bits per heavy atom. The molecule has 0 aliphatic heterocycles. The van der Waals surface area contributed by atoms with Crippen LogP contribution >= 0.6 is 0 Å². The zero-order chi connectivity index (χ0) is 12.6. The quantitative estimate of drug-likeness (QED) is 0.817. The molecule has 1 aliphatic rings. The van der Waals surface area contributed by atoms with Crippen LogP contribution in [0, 0.1) is 0 Å². The van der Waals surface area contributed by atoms with E-state index in [1.807, 2.05) is 24.3 Å². The van der Waals surface area contributed by atoms with Gasteiger partial charge in [-0.25, -0.2) is 0 Å². The van der Waals surface area contributed by atoms with Crippen LogP contribution in [-0.4, -0.2) is 18.0 Å². The maximum absolute atomic E-state index is 11.8. The van der Waals surface area contributed by atoms with Crippen molar-refractivity contribution in [3.05, 3.63) is 35.4 Å². The van der Waals surface area contributed by atoms with Crippen LogP contribution in [0.1, 0.15) is 43.1 Å². The summed E-state index contributed by atoms with van der Waals surface area (Å²) in [5, 5.41) is 2.91. The molecule has 2 rings (SSSR count). The van der Waals surface area contributed by atoms with Gasteiger partial charge in [0.2, 0.25) is 0 Å². The highest BCUT2D eigenvalue weighted by Gasteiger charge is 2.34. The van der Waals surface area contributed by atoms with Gasteiger partial charge >= 0.3 is 0 Å². The molecule has 1 aromatic rings. The molecule has 1 saturated carbocycles. The van der Waals surface area contributed by atoms with Crippen molar-refractivity contribution in [2.75, 3.05) is 0 Å². The van der Waals surface area contributed by atoms with Gasteiger partial charge in [0.1, 0.15) is 0 Å². The van der Waals surface area contributed by atoms with Gasteiger partial charge in [-0.05, 0) is 29.5 Å². The molecule has 1 fully saturated rings. The first-order valence-corrected chi connectivity index (χ1v) is 6.05. The Kier molecular flexibility index (Phi) is 2.96. The highest BCUT2D eigenvalue weighted by molar-refractivity contribution is 5.94. The molecule has 2 atom stereocenters. The van der Waals surface area contributed by atoms with Gasteiger partial charge in [-0.15, -0.1) is 0 Å². The van der Waals surface area contributed by atoms with Gasteiger partial charge in [0.15, 0.2) is 0 Å². The van der Waals surface area contributed by atoms with Crippen LogP contribution in [0.5, 0.6) is 0 Å². The van der Waals surface area contributed by atoms with Crippen LogP contribution in [0.2, 0.25) is 0 Å². The lowest BCUT2D eigenvalue weighted by atomic mass is 9.87. The molecule has 2 unspecified atom stereocenters. The van der Waals surface area contributed by atoms with E-state index in [0.717, 1.165) is 6.42 Å². The second-order valence-electron chi connectivity index (χ2n) is 5.81. The average molecular weight is 232 g/mol. The molecular weight excluding hydrogens is 212 g/mol. The molecule has 17 heavy (non-hydrogen) atoms. The molecule has 1 amide bonds. The minimum atomic E-state index is -0.0246. The van der Waals surface area contributed by atoms with E-state index in [9.17, 15) is 4.79 Å². The second kappa shape index (κ2) is 4.15. The zero-order valence-corrected chi connectivity index (χ0v) is 10.7. The second-order valence-corrected chi connectivity index (χ2v) is 5.81. The Hall–Kier alpha value is -1.35. The van der Waals surface area contributed by atoms with Gasteiger partial charge in [-0.3, -0.25) is 4.79 Å². The smallest absolute Gasteiger partial charge is 0.251 e. The van der Waals surface area contributed by atoms with Crippen molar-refractivity contribution >= 4 is 5.91 Å². The predicted molar refractivity (Wildman–Crippen MR) is 69.0 cm³/mol. The minimum Gasteiger partial charge on any atom is -0.348 e. The van der Waals surface area contributed by atoms with Gasteiger partial charge in [0.25, 0.3) is 5.91 Å². The number of nitrogens with two attached hydrogens (primary N) is 1. The van der Waals surface area contributed by atoms with E-state index in [2.05, 4.69) is 26.1 Å². The fourth-order valence-electron chi connectivity index (χ4n) is 1.75. The molecule has 0 saturated heterocycles. The number of nitrogens with one attached hydrogen (secondary N) is 1. The summed E-state index contributed by atoms with van der Waals surface area (Å²) in [5.74, 6) is -0.0246. The van der Waals surface area contributed by atoms with E-state index in [1.54, 1.807) is 0 Å². The Balaban J connectivity index is 2.04. The van der Waals surface area contributed by atoms with E-state index in [0.29, 0.717) is 5.56 Å². The first kappa shape index (κ1) is 12.1. The third-order valence-electron chi connectivity index (χ3n) is 3.17. The van der Waals surface area contributed by atoms with Gasteiger partial charge in [-0.2, -0.15) is 0 Å². The van der Waals surface area contributed by atoms with E-state index in [4.69, 9.17) is 5.73 Å². The van der Waals surface area contributed by atoms with Crippen molar-refractivity contribution in [1.82, 2.24) is 5.32 Å². The number of hydrogen-bond donors (Lipinski definition) is 2. The lowest BCUT2D eigenvalue weighted by molar-refractivity contribution is 0.0950. The van der Waals surface area contributed by atoms with Crippen molar-refractivity contribution in [2.45, 2.75) is 44.7 Å². The summed E-state index contributed by atoms with van der Waals surface area (Å²) in [4.78, 5) is 11.8. The van der Waals surface area contributed by atoms with E-state index in [-0.39, 0.29) is 23.4 Å². The summed E-state index contributed by atoms with van der Waals surface area (Å²) in [6.07, 6.45) is 0.895. The molecule has 0 aromatic heterocycles. The lowest BCUT2D eigenvalue weighted by Crippen LogP contribution is -2.29. The molecular formula is C14H20N2O. The number of benzene rings is 1. The fraction of sp³-hybridized carbons (Fsp3) is 0.500. The van der Waals surface area contributed by atoms with Crippen LogP contribution in [-0.2, 0) is 5.41 Å². The van der Waals surface area contributed by atoms with Crippen LogP contribution in [0.15, 0.2) is 24.3 Å². The lowest BCUT2D eigenvalue weighted by Gasteiger charge is -2.19. The number of carbonyl (C=O) groups excluding carboxylic acids is 1. The third-order valence-corrected chi connectivity index (χ3v) is 3.17. The summed E-state index contributed by atoms with van der Waals surface area (Å²) >= 11 is 0.